The van der Waals surface area contributed by atoms with E-state index in [1.807, 2.05) is 36.4 Å². The molecular formula is C20H21N3O3. The van der Waals surface area contributed by atoms with Crippen molar-refractivity contribution in [2.75, 3.05) is 6.54 Å². The summed E-state index contributed by atoms with van der Waals surface area (Å²) in [4.78, 5) is 14.7. The van der Waals surface area contributed by atoms with Crippen molar-refractivity contribution in [2.45, 2.75) is 38.6 Å². The highest BCUT2D eigenvalue weighted by molar-refractivity contribution is 5.92. The summed E-state index contributed by atoms with van der Waals surface area (Å²) in [6.07, 6.45) is 1.78. The number of hydrogen-bond acceptors (Lipinski definition) is 5. The standard InChI is InChI=1S/C20H21N3O3/c1-13(2)15-11-18(25-21-15)17-9-6-10-23(17)20(24)19-12-16(22-26-19)14-7-4-3-5-8-14/h3-5,7-8,11-13,17H,6,9-10H2,1-2H3/t17-/m1/s1. The van der Waals surface area contributed by atoms with E-state index in [0.717, 1.165) is 29.9 Å². The summed E-state index contributed by atoms with van der Waals surface area (Å²) < 4.78 is 10.8. The normalized spacial score (nSPS) is 17.2. The molecule has 0 radical (unpaired) electrons. The first-order valence-electron chi connectivity index (χ1n) is 8.93. The fourth-order valence-corrected chi connectivity index (χ4v) is 3.30. The fourth-order valence-electron chi connectivity index (χ4n) is 3.30. The highest BCUT2D eigenvalue weighted by atomic mass is 16.5. The minimum atomic E-state index is -0.162. The summed E-state index contributed by atoms with van der Waals surface area (Å²) in [7, 11) is 0. The van der Waals surface area contributed by atoms with E-state index in [0.29, 0.717) is 18.2 Å². The predicted molar refractivity (Wildman–Crippen MR) is 95.5 cm³/mol. The zero-order chi connectivity index (χ0) is 18.1. The summed E-state index contributed by atoms with van der Waals surface area (Å²) in [6.45, 7) is 4.81. The zero-order valence-corrected chi connectivity index (χ0v) is 14.9. The molecule has 1 saturated heterocycles. The number of amides is 1. The van der Waals surface area contributed by atoms with Gasteiger partial charge in [-0.2, -0.15) is 0 Å². The van der Waals surface area contributed by atoms with E-state index in [4.69, 9.17) is 9.05 Å². The van der Waals surface area contributed by atoms with Crippen LogP contribution in [0.25, 0.3) is 11.3 Å². The van der Waals surface area contributed by atoms with Crippen LogP contribution >= 0.6 is 0 Å². The van der Waals surface area contributed by atoms with Gasteiger partial charge in [0.25, 0.3) is 5.91 Å². The van der Waals surface area contributed by atoms with Crippen LogP contribution in [-0.4, -0.2) is 27.7 Å². The Hall–Kier alpha value is -2.89. The Bertz CT molecular complexity index is 898. The molecule has 0 bridgehead atoms. The van der Waals surface area contributed by atoms with Gasteiger partial charge in [-0.1, -0.05) is 54.5 Å². The first-order chi connectivity index (χ1) is 12.6. The number of aromatic nitrogens is 2. The lowest BCUT2D eigenvalue weighted by atomic mass is 10.1. The number of carbonyl (C=O) groups is 1. The van der Waals surface area contributed by atoms with Gasteiger partial charge in [-0.15, -0.1) is 0 Å². The van der Waals surface area contributed by atoms with Crippen LogP contribution in [0.15, 0.2) is 51.5 Å². The van der Waals surface area contributed by atoms with Gasteiger partial charge in [0, 0.05) is 24.2 Å². The second-order valence-corrected chi connectivity index (χ2v) is 6.91. The number of carbonyl (C=O) groups excluding carboxylic acids is 1. The van der Waals surface area contributed by atoms with E-state index in [9.17, 15) is 4.79 Å². The predicted octanol–water partition coefficient (Wildman–Crippen LogP) is 4.43. The molecule has 0 N–H and O–H groups in total. The van der Waals surface area contributed by atoms with Crippen molar-refractivity contribution in [3.8, 4) is 11.3 Å². The lowest BCUT2D eigenvalue weighted by Crippen LogP contribution is -2.30. The maximum Gasteiger partial charge on any atom is 0.293 e. The van der Waals surface area contributed by atoms with Crippen molar-refractivity contribution < 1.29 is 13.8 Å². The van der Waals surface area contributed by atoms with Crippen LogP contribution in [0.5, 0.6) is 0 Å². The number of hydrogen-bond donors (Lipinski definition) is 0. The molecule has 1 fully saturated rings. The summed E-state index contributed by atoms with van der Waals surface area (Å²) in [5, 5.41) is 8.17. The Balaban J connectivity index is 1.56. The molecule has 0 saturated carbocycles. The third kappa shape index (κ3) is 3.03. The SMILES string of the molecule is CC(C)c1cc([C@H]2CCCN2C(=O)c2cc(-c3ccccc3)no2)on1. The van der Waals surface area contributed by atoms with E-state index in [2.05, 4.69) is 24.2 Å². The monoisotopic (exact) mass is 351 g/mol. The van der Waals surface area contributed by atoms with E-state index in [-0.39, 0.29) is 17.7 Å². The van der Waals surface area contributed by atoms with Gasteiger partial charge in [-0.3, -0.25) is 4.79 Å². The third-order valence-corrected chi connectivity index (χ3v) is 4.77. The molecular weight excluding hydrogens is 330 g/mol. The Morgan fingerprint density at radius 1 is 1.15 bits per heavy atom. The van der Waals surface area contributed by atoms with E-state index >= 15 is 0 Å². The molecule has 1 amide bonds. The van der Waals surface area contributed by atoms with Gasteiger partial charge in [0.15, 0.2) is 5.76 Å². The van der Waals surface area contributed by atoms with Crippen LogP contribution in [0.4, 0.5) is 0 Å². The second kappa shape index (κ2) is 6.78. The highest BCUT2D eigenvalue weighted by Crippen LogP contribution is 2.34. The summed E-state index contributed by atoms with van der Waals surface area (Å²) in [5.74, 6) is 1.12. The molecule has 2 aromatic heterocycles. The van der Waals surface area contributed by atoms with E-state index in [1.165, 1.54) is 0 Å². The zero-order valence-electron chi connectivity index (χ0n) is 14.9. The van der Waals surface area contributed by atoms with Gasteiger partial charge in [0.2, 0.25) is 5.76 Å². The molecule has 26 heavy (non-hydrogen) atoms. The Morgan fingerprint density at radius 2 is 1.96 bits per heavy atom. The molecule has 1 aliphatic rings. The summed E-state index contributed by atoms with van der Waals surface area (Å²) in [5.41, 5.74) is 2.49. The lowest BCUT2D eigenvalue weighted by Gasteiger charge is -2.21. The van der Waals surface area contributed by atoms with Crippen molar-refractivity contribution in [1.29, 1.82) is 0 Å². The molecule has 6 nitrogen and oxygen atoms in total. The van der Waals surface area contributed by atoms with Crippen molar-refractivity contribution in [1.82, 2.24) is 15.2 Å². The van der Waals surface area contributed by atoms with Gasteiger partial charge >= 0.3 is 0 Å². The number of rotatable bonds is 4. The van der Waals surface area contributed by atoms with Gasteiger partial charge in [-0.05, 0) is 18.8 Å². The van der Waals surface area contributed by atoms with Gasteiger partial charge in [-0.25, -0.2) is 0 Å². The van der Waals surface area contributed by atoms with Crippen LogP contribution in [0.1, 0.15) is 60.7 Å². The summed E-state index contributed by atoms with van der Waals surface area (Å²) >= 11 is 0. The molecule has 0 spiro atoms. The molecule has 0 unspecified atom stereocenters. The smallest absolute Gasteiger partial charge is 0.293 e. The number of nitrogens with zero attached hydrogens (tertiary/aromatic N) is 3. The Labute approximate surface area is 151 Å². The third-order valence-electron chi connectivity index (χ3n) is 4.77. The maximum absolute atomic E-state index is 12.9. The largest absolute Gasteiger partial charge is 0.359 e. The molecule has 3 aromatic rings. The average Bonchev–Trinajstić information content (AvgIpc) is 3.41. The topological polar surface area (TPSA) is 72.4 Å². The molecule has 0 aliphatic carbocycles. The van der Waals surface area contributed by atoms with Gasteiger partial charge < -0.3 is 13.9 Å². The Morgan fingerprint density at radius 3 is 2.69 bits per heavy atom. The Kier molecular flexibility index (Phi) is 4.32. The van der Waals surface area contributed by atoms with Gasteiger partial charge in [0.05, 0.1) is 11.7 Å². The van der Waals surface area contributed by atoms with Crippen LogP contribution in [0.2, 0.25) is 0 Å². The van der Waals surface area contributed by atoms with Crippen LogP contribution in [0.3, 0.4) is 0 Å². The van der Waals surface area contributed by atoms with Crippen molar-refractivity contribution in [3.63, 3.8) is 0 Å². The molecule has 6 heteroatoms. The van der Waals surface area contributed by atoms with E-state index < -0.39 is 0 Å². The average molecular weight is 351 g/mol. The minimum Gasteiger partial charge on any atom is -0.359 e. The molecule has 3 heterocycles. The van der Waals surface area contributed by atoms with Crippen molar-refractivity contribution in [3.05, 3.63) is 59.7 Å². The number of benzene rings is 1. The van der Waals surface area contributed by atoms with Crippen LogP contribution in [0, 0.1) is 0 Å². The lowest BCUT2D eigenvalue weighted by molar-refractivity contribution is 0.0672. The quantitative estimate of drug-likeness (QED) is 0.695. The minimum absolute atomic E-state index is 0.104. The highest BCUT2D eigenvalue weighted by Gasteiger charge is 2.35. The molecule has 4 rings (SSSR count). The maximum atomic E-state index is 12.9. The second-order valence-electron chi connectivity index (χ2n) is 6.91. The van der Waals surface area contributed by atoms with Crippen molar-refractivity contribution in [2.24, 2.45) is 0 Å². The number of likely N-dealkylation sites (tertiary alicyclic amines) is 1. The van der Waals surface area contributed by atoms with Crippen molar-refractivity contribution >= 4 is 5.91 Å². The first-order valence-corrected chi connectivity index (χ1v) is 8.93. The van der Waals surface area contributed by atoms with Gasteiger partial charge in [0.1, 0.15) is 5.69 Å². The molecule has 134 valence electrons. The van der Waals surface area contributed by atoms with Crippen LogP contribution in [-0.2, 0) is 0 Å². The molecule has 1 atom stereocenters. The summed E-state index contributed by atoms with van der Waals surface area (Å²) in [6, 6.07) is 13.2. The van der Waals surface area contributed by atoms with Crippen LogP contribution < -0.4 is 0 Å². The molecule has 1 aliphatic heterocycles. The van der Waals surface area contributed by atoms with E-state index in [1.54, 1.807) is 11.0 Å². The molecule has 1 aromatic carbocycles. The fraction of sp³-hybridized carbons (Fsp3) is 0.350. The first kappa shape index (κ1) is 16.6.